The maximum atomic E-state index is 2.38. The van der Waals surface area contributed by atoms with E-state index >= 15 is 0 Å². The first-order chi connectivity index (χ1) is 5.90. The second-order valence-electron chi connectivity index (χ2n) is 3.37. The number of hydrogen-bond donors (Lipinski definition) is 0. The van der Waals surface area contributed by atoms with Crippen LogP contribution in [0.25, 0.3) is 0 Å². The molecule has 0 unspecified atom stereocenters. The minimum absolute atomic E-state index is 0.899. The van der Waals surface area contributed by atoms with Gasteiger partial charge in [0.25, 0.3) is 0 Å². The second-order valence-corrected chi connectivity index (χ2v) is 5.19. The van der Waals surface area contributed by atoms with Crippen LogP contribution >= 0.6 is 23.1 Å². The fourth-order valence-corrected chi connectivity index (χ4v) is 3.66. The molecule has 0 bridgehead atoms. The van der Waals surface area contributed by atoms with Gasteiger partial charge in [-0.25, -0.2) is 0 Å². The summed E-state index contributed by atoms with van der Waals surface area (Å²) in [6.07, 6.45) is 7.89. The summed E-state index contributed by atoms with van der Waals surface area (Å²) >= 11 is 3.81. The van der Waals surface area contributed by atoms with Gasteiger partial charge in [0.15, 0.2) is 0 Å². The van der Waals surface area contributed by atoms with E-state index in [2.05, 4.69) is 17.7 Å². The molecule has 1 heterocycles. The molecule has 2 heteroatoms. The highest BCUT2D eigenvalue weighted by atomic mass is 32.2. The van der Waals surface area contributed by atoms with Gasteiger partial charge in [-0.3, -0.25) is 0 Å². The van der Waals surface area contributed by atoms with Crippen molar-refractivity contribution in [2.75, 3.05) is 6.26 Å². The Morgan fingerprint density at radius 3 is 2.75 bits per heavy atom. The number of hydrogen-bond acceptors (Lipinski definition) is 2. The van der Waals surface area contributed by atoms with E-state index in [-0.39, 0.29) is 0 Å². The standard InChI is InChI=1S/C10H14S2/c1-11-9-6-10(12-7-9)8-4-2-3-5-8/h6-8H,2-5H2,1H3. The zero-order valence-electron chi connectivity index (χ0n) is 7.38. The molecule has 1 aromatic rings. The van der Waals surface area contributed by atoms with Crippen molar-refractivity contribution in [3.05, 3.63) is 16.3 Å². The Kier molecular flexibility index (Phi) is 2.76. The van der Waals surface area contributed by atoms with Crippen LogP contribution in [0.5, 0.6) is 0 Å². The maximum Gasteiger partial charge on any atom is 0.0179 e. The van der Waals surface area contributed by atoms with E-state index in [4.69, 9.17) is 0 Å². The Hall–Kier alpha value is 0.0500. The van der Waals surface area contributed by atoms with Gasteiger partial charge in [-0.15, -0.1) is 23.1 Å². The summed E-state index contributed by atoms with van der Waals surface area (Å²) in [6, 6.07) is 2.38. The van der Waals surface area contributed by atoms with Gasteiger partial charge in [0.05, 0.1) is 0 Å². The molecule has 0 spiro atoms. The normalized spacial score (nSPS) is 18.8. The van der Waals surface area contributed by atoms with Crippen molar-refractivity contribution in [1.82, 2.24) is 0 Å². The van der Waals surface area contributed by atoms with Gasteiger partial charge in [0, 0.05) is 15.2 Å². The van der Waals surface area contributed by atoms with Gasteiger partial charge < -0.3 is 0 Å². The average molecular weight is 198 g/mol. The van der Waals surface area contributed by atoms with E-state index in [9.17, 15) is 0 Å². The van der Waals surface area contributed by atoms with Crippen LogP contribution in [0.4, 0.5) is 0 Å². The largest absolute Gasteiger partial charge is 0.147 e. The highest BCUT2D eigenvalue weighted by Gasteiger charge is 2.18. The van der Waals surface area contributed by atoms with E-state index in [0.717, 1.165) is 5.92 Å². The minimum atomic E-state index is 0.899. The first kappa shape index (κ1) is 8.64. The van der Waals surface area contributed by atoms with E-state index in [0.29, 0.717) is 0 Å². The van der Waals surface area contributed by atoms with Crippen LogP contribution in [-0.2, 0) is 0 Å². The molecular formula is C10H14S2. The van der Waals surface area contributed by atoms with Gasteiger partial charge in [-0.2, -0.15) is 0 Å². The summed E-state index contributed by atoms with van der Waals surface area (Å²) < 4.78 is 0. The summed E-state index contributed by atoms with van der Waals surface area (Å²) in [5, 5.41) is 2.29. The van der Waals surface area contributed by atoms with Gasteiger partial charge in [0.2, 0.25) is 0 Å². The van der Waals surface area contributed by atoms with Crippen molar-refractivity contribution in [1.29, 1.82) is 0 Å². The van der Waals surface area contributed by atoms with Crippen LogP contribution in [0.15, 0.2) is 16.3 Å². The van der Waals surface area contributed by atoms with Crippen molar-refractivity contribution in [3.8, 4) is 0 Å². The van der Waals surface area contributed by atoms with Crippen molar-refractivity contribution in [2.24, 2.45) is 0 Å². The Labute approximate surface area is 82.4 Å². The predicted molar refractivity (Wildman–Crippen MR) is 57.3 cm³/mol. The molecule has 0 aromatic carbocycles. The summed E-state index contributed by atoms with van der Waals surface area (Å²) in [7, 11) is 0. The molecule has 1 fully saturated rings. The topological polar surface area (TPSA) is 0 Å². The summed E-state index contributed by atoms with van der Waals surface area (Å²) in [5.41, 5.74) is 0. The van der Waals surface area contributed by atoms with Gasteiger partial charge in [0.1, 0.15) is 0 Å². The minimum Gasteiger partial charge on any atom is -0.147 e. The molecule has 66 valence electrons. The third-order valence-corrected chi connectivity index (χ3v) is 4.54. The smallest absolute Gasteiger partial charge is 0.0179 e. The summed E-state index contributed by atoms with van der Waals surface area (Å²) in [5.74, 6) is 0.899. The lowest BCUT2D eigenvalue weighted by atomic mass is 10.1. The lowest BCUT2D eigenvalue weighted by molar-refractivity contribution is 0.737. The van der Waals surface area contributed by atoms with E-state index in [1.54, 1.807) is 4.88 Å². The van der Waals surface area contributed by atoms with Crippen LogP contribution in [0.2, 0.25) is 0 Å². The van der Waals surface area contributed by atoms with Crippen molar-refractivity contribution in [3.63, 3.8) is 0 Å². The third-order valence-electron chi connectivity index (χ3n) is 2.59. The molecule has 0 atom stereocenters. The first-order valence-corrected chi connectivity index (χ1v) is 6.63. The van der Waals surface area contributed by atoms with Crippen LogP contribution in [-0.4, -0.2) is 6.26 Å². The number of thiophene rings is 1. The number of thioether (sulfide) groups is 1. The fourth-order valence-electron chi connectivity index (χ4n) is 1.87. The molecule has 1 aliphatic carbocycles. The lowest BCUT2D eigenvalue weighted by Crippen LogP contribution is -1.85. The quantitative estimate of drug-likeness (QED) is 0.644. The molecule has 0 saturated heterocycles. The highest BCUT2D eigenvalue weighted by Crippen LogP contribution is 2.38. The molecule has 1 saturated carbocycles. The lowest BCUT2D eigenvalue weighted by Gasteiger charge is -2.03. The predicted octanol–water partition coefficient (Wildman–Crippen LogP) is 4.13. The zero-order chi connectivity index (χ0) is 8.39. The molecule has 1 aliphatic rings. The SMILES string of the molecule is CSc1csc(C2CCCC2)c1. The van der Waals surface area contributed by atoms with E-state index < -0.39 is 0 Å². The molecule has 2 rings (SSSR count). The Morgan fingerprint density at radius 2 is 2.17 bits per heavy atom. The third kappa shape index (κ3) is 1.69. The average Bonchev–Trinajstić information content (AvgIpc) is 2.75. The molecule has 12 heavy (non-hydrogen) atoms. The Bertz CT molecular complexity index is 246. The molecule has 0 amide bonds. The Balaban J connectivity index is 2.11. The second kappa shape index (κ2) is 3.84. The van der Waals surface area contributed by atoms with Crippen molar-refractivity contribution in [2.45, 2.75) is 36.5 Å². The maximum absolute atomic E-state index is 2.38. The number of rotatable bonds is 2. The molecule has 1 aromatic heterocycles. The van der Waals surface area contributed by atoms with Gasteiger partial charge in [-0.1, -0.05) is 12.8 Å². The first-order valence-electron chi connectivity index (χ1n) is 4.52. The molecule has 0 N–H and O–H groups in total. The fraction of sp³-hybridized carbons (Fsp3) is 0.600. The summed E-state index contributed by atoms with van der Waals surface area (Å²) in [4.78, 5) is 3.07. The van der Waals surface area contributed by atoms with E-state index in [1.165, 1.54) is 30.6 Å². The van der Waals surface area contributed by atoms with E-state index in [1.807, 2.05) is 23.1 Å². The van der Waals surface area contributed by atoms with Crippen molar-refractivity contribution >= 4 is 23.1 Å². The highest BCUT2D eigenvalue weighted by molar-refractivity contribution is 7.98. The summed E-state index contributed by atoms with van der Waals surface area (Å²) in [6.45, 7) is 0. The van der Waals surface area contributed by atoms with Crippen LogP contribution in [0.1, 0.15) is 36.5 Å². The van der Waals surface area contributed by atoms with Gasteiger partial charge >= 0.3 is 0 Å². The monoisotopic (exact) mass is 198 g/mol. The molecule has 0 aliphatic heterocycles. The van der Waals surface area contributed by atoms with Crippen molar-refractivity contribution < 1.29 is 0 Å². The van der Waals surface area contributed by atoms with Crippen LogP contribution < -0.4 is 0 Å². The van der Waals surface area contributed by atoms with Gasteiger partial charge in [-0.05, 0) is 31.1 Å². The van der Waals surface area contributed by atoms with Crippen LogP contribution in [0, 0.1) is 0 Å². The molecule has 0 radical (unpaired) electrons. The molecule has 0 nitrogen and oxygen atoms in total. The Morgan fingerprint density at radius 1 is 1.42 bits per heavy atom. The van der Waals surface area contributed by atoms with Crippen LogP contribution in [0.3, 0.4) is 0 Å². The zero-order valence-corrected chi connectivity index (χ0v) is 9.01. The molecular weight excluding hydrogens is 184 g/mol.